The summed E-state index contributed by atoms with van der Waals surface area (Å²) < 4.78 is 10.7. The summed E-state index contributed by atoms with van der Waals surface area (Å²) in [5, 5.41) is 2.72. The Kier molecular flexibility index (Phi) is 6.31. The van der Waals surface area contributed by atoms with Crippen LogP contribution in [-0.2, 0) is 4.79 Å². The van der Waals surface area contributed by atoms with Crippen LogP contribution >= 0.6 is 0 Å². The second kappa shape index (κ2) is 8.67. The summed E-state index contributed by atoms with van der Waals surface area (Å²) in [5.74, 6) is 0.000516. The highest BCUT2D eigenvalue weighted by atomic mass is 16.5. The second-order valence-corrected chi connectivity index (χ2v) is 4.92. The van der Waals surface area contributed by atoms with Gasteiger partial charge >= 0.3 is 6.01 Å². The highest BCUT2D eigenvalue weighted by Gasteiger charge is 2.11. The van der Waals surface area contributed by atoms with Gasteiger partial charge < -0.3 is 14.8 Å². The van der Waals surface area contributed by atoms with Crippen LogP contribution in [0, 0.1) is 6.92 Å². The molecular weight excluding hydrogens is 306 g/mol. The first kappa shape index (κ1) is 17.5. The van der Waals surface area contributed by atoms with Crippen molar-refractivity contribution in [2.24, 2.45) is 0 Å². The number of amides is 1. The van der Waals surface area contributed by atoms with Gasteiger partial charge in [-0.25, -0.2) is 4.98 Å². The van der Waals surface area contributed by atoms with Gasteiger partial charge in [0.15, 0.2) is 0 Å². The smallest absolute Gasteiger partial charge is 0.319 e. The fourth-order valence-electron chi connectivity index (χ4n) is 2.00. The summed E-state index contributed by atoms with van der Waals surface area (Å²) in [6.45, 7) is 6.55. The molecule has 1 aromatic carbocycles. The molecule has 0 saturated heterocycles. The number of hydrogen-bond donors (Lipinski definition) is 1. The predicted molar refractivity (Wildman–Crippen MR) is 93.2 cm³/mol. The first-order valence-electron chi connectivity index (χ1n) is 7.81. The molecule has 0 saturated carbocycles. The molecule has 1 N–H and O–H groups in total. The average molecular weight is 327 g/mol. The van der Waals surface area contributed by atoms with Crippen LogP contribution in [0.3, 0.4) is 0 Å². The van der Waals surface area contributed by atoms with Crippen molar-refractivity contribution in [2.75, 3.05) is 18.5 Å². The number of nitrogens with zero attached hydrogens (tertiary/aromatic N) is 2. The van der Waals surface area contributed by atoms with Gasteiger partial charge in [0.05, 0.1) is 19.4 Å². The van der Waals surface area contributed by atoms with E-state index >= 15 is 0 Å². The Morgan fingerprint density at radius 1 is 1.21 bits per heavy atom. The zero-order chi connectivity index (χ0) is 17.4. The third kappa shape index (κ3) is 4.81. The molecule has 2 rings (SSSR count). The van der Waals surface area contributed by atoms with E-state index in [1.165, 1.54) is 12.3 Å². The summed E-state index contributed by atoms with van der Waals surface area (Å²) in [4.78, 5) is 20.3. The number of carbonyl (C=O) groups excluding carboxylic acids is 1. The molecule has 0 bridgehead atoms. The van der Waals surface area contributed by atoms with E-state index in [-0.39, 0.29) is 17.8 Å². The van der Waals surface area contributed by atoms with Crippen molar-refractivity contribution in [3.8, 4) is 11.9 Å². The van der Waals surface area contributed by atoms with Crippen LogP contribution in [0.25, 0.3) is 6.08 Å². The maximum absolute atomic E-state index is 12.1. The Balaban J connectivity index is 2.11. The summed E-state index contributed by atoms with van der Waals surface area (Å²) in [7, 11) is 0. The Labute approximate surface area is 141 Å². The molecule has 0 fully saturated rings. The number of carbonyl (C=O) groups is 1. The summed E-state index contributed by atoms with van der Waals surface area (Å²) in [6, 6.07) is 8.04. The van der Waals surface area contributed by atoms with Crippen molar-refractivity contribution in [1.29, 1.82) is 0 Å². The van der Waals surface area contributed by atoms with Crippen LogP contribution in [0.2, 0.25) is 0 Å². The Morgan fingerprint density at radius 2 is 1.96 bits per heavy atom. The van der Waals surface area contributed by atoms with E-state index in [1.807, 2.05) is 45.0 Å². The van der Waals surface area contributed by atoms with Crippen molar-refractivity contribution in [3.63, 3.8) is 0 Å². The lowest BCUT2D eigenvalue weighted by Gasteiger charge is -2.10. The number of nitrogens with one attached hydrogen (secondary N) is 1. The molecule has 0 aliphatic rings. The van der Waals surface area contributed by atoms with Crippen molar-refractivity contribution in [3.05, 3.63) is 47.7 Å². The molecule has 1 amide bonds. The number of aryl methyl sites for hydroxylation is 1. The molecule has 126 valence electrons. The second-order valence-electron chi connectivity index (χ2n) is 4.92. The highest BCUT2D eigenvalue weighted by molar-refractivity contribution is 6.02. The van der Waals surface area contributed by atoms with Gasteiger partial charge in [-0.2, -0.15) is 4.98 Å². The van der Waals surface area contributed by atoms with Gasteiger partial charge in [-0.15, -0.1) is 0 Å². The SMILES string of the molecule is CCOc1ncc(NC(=O)/C=C/c2ccccc2C)c(OCC)n1. The minimum Gasteiger partial charge on any atom is -0.476 e. The van der Waals surface area contributed by atoms with Crippen LogP contribution in [0.1, 0.15) is 25.0 Å². The van der Waals surface area contributed by atoms with Crippen LogP contribution in [0.15, 0.2) is 36.5 Å². The molecular formula is C18H21N3O3. The minimum absolute atomic E-state index is 0.217. The van der Waals surface area contributed by atoms with E-state index in [0.717, 1.165) is 11.1 Å². The van der Waals surface area contributed by atoms with Crippen LogP contribution in [-0.4, -0.2) is 29.1 Å². The van der Waals surface area contributed by atoms with Gasteiger partial charge in [0.25, 0.3) is 0 Å². The van der Waals surface area contributed by atoms with Gasteiger partial charge in [0.2, 0.25) is 11.8 Å². The zero-order valence-corrected chi connectivity index (χ0v) is 14.1. The number of rotatable bonds is 7. The third-order valence-corrected chi connectivity index (χ3v) is 3.15. The molecule has 0 radical (unpaired) electrons. The van der Waals surface area contributed by atoms with E-state index in [1.54, 1.807) is 6.08 Å². The van der Waals surface area contributed by atoms with Crippen LogP contribution in [0.4, 0.5) is 5.69 Å². The number of anilines is 1. The molecule has 24 heavy (non-hydrogen) atoms. The first-order valence-corrected chi connectivity index (χ1v) is 7.81. The average Bonchev–Trinajstić information content (AvgIpc) is 2.57. The topological polar surface area (TPSA) is 73.3 Å². The number of ether oxygens (including phenoxy) is 2. The van der Waals surface area contributed by atoms with Gasteiger partial charge in [0, 0.05) is 6.08 Å². The molecule has 1 heterocycles. The van der Waals surface area contributed by atoms with Gasteiger partial charge in [-0.05, 0) is 38.0 Å². The van der Waals surface area contributed by atoms with Crippen molar-refractivity contribution < 1.29 is 14.3 Å². The summed E-state index contributed by atoms with van der Waals surface area (Å²) in [5.41, 5.74) is 2.49. The molecule has 6 heteroatoms. The van der Waals surface area contributed by atoms with E-state index in [2.05, 4.69) is 15.3 Å². The lowest BCUT2D eigenvalue weighted by Crippen LogP contribution is -2.11. The van der Waals surface area contributed by atoms with Gasteiger partial charge in [0.1, 0.15) is 5.69 Å². The van der Waals surface area contributed by atoms with E-state index in [9.17, 15) is 4.79 Å². The lowest BCUT2D eigenvalue weighted by atomic mass is 10.1. The molecule has 0 unspecified atom stereocenters. The monoisotopic (exact) mass is 327 g/mol. The highest BCUT2D eigenvalue weighted by Crippen LogP contribution is 2.23. The predicted octanol–water partition coefficient (Wildman–Crippen LogP) is 3.23. The standard InChI is InChI=1S/C18H21N3O3/c1-4-23-17-15(12-19-18(21-17)24-5-2)20-16(22)11-10-14-9-7-6-8-13(14)3/h6-12H,4-5H2,1-3H3,(H,20,22)/b11-10+. The molecule has 0 aliphatic heterocycles. The maximum Gasteiger partial charge on any atom is 0.319 e. The van der Waals surface area contributed by atoms with E-state index in [4.69, 9.17) is 9.47 Å². The van der Waals surface area contributed by atoms with Crippen molar-refractivity contribution >= 4 is 17.7 Å². The molecule has 2 aromatic rings. The van der Waals surface area contributed by atoms with Gasteiger partial charge in [-0.1, -0.05) is 24.3 Å². The fourth-order valence-corrected chi connectivity index (χ4v) is 2.00. The van der Waals surface area contributed by atoms with Crippen LogP contribution in [0.5, 0.6) is 11.9 Å². The third-order valence-electron chi connectivity index (χ3n) is 3.15. The van der Waals surface area contributed by atoms with Crippen LogP contribution < -0.4 is 14.8 Å². The maximum atomic E-state index is 12.1. The molecule has 0 atom stereocenters. The quantitative estimate of drug-likeness (QED) is 0.790. The normalized spacial score (nSPS) is 10.6. The Hall–Kier alpha value is -2.89. The molecule has 0 spiro atoms. The van der Waals surface area contributed by atoms with Crippen molar-refractivity contribution in [2.45, 2.75) is 20.8 Å². The van der Waals surface area contributed by atoms with E-state index < -0.39 is 0 Å². The molecule has 6 nitrogen and oxygen atoms in total. The Bertz CT molecular complexity index is 729. The lowest BCUT2D eigenvalue weighted by molar-refractivity contribution is -0.111. The Morgan fingerprint density at radius 3 is 2.67 bits per heavy atom. The first-order chi connectivity index (χ1) is 11.6. The fraction of sp³-hybridized carbons (Fsp3) is 0.278. The molecule has 0 aliphatic carbocycles. The zero-order valence-electron chi connectivity index (χ0n) is 14.1. The number of benzene rings is 1. The number of hydrogen-bond acceptors (Lipinski definition) is 5. The number of aromatic nitrogens is 2. The minimum atomic E-state index is -0.285. The summed E-state index contributed by atoms with van der Waals surface area (Å²) >= 11 is 0. The molecule has 1 aromatic heterocycles. The van der Waals surface area contributed by atoms with Gasteiger partial charge in [-0.3, -0.25) is 4.79 Å². The van der Waals surface area contributed by atoms with E-state index in [0.29, 0.717) is 18.9 Å². The largest absolute Gasteiger partial charge is 0.476 e. The summed E-state index contributed by atoms with van der Waals surface area (Å²) in [6.07, 6.45) is 4.71. The van der Waals surface area contributed by atoms with Crippen molar-refractivity contribution in [1.82, 2.24) is 9.97 Å².